The van der Waals surface area contributed by atoms with Gasteiger partial charge in [-0.2, -0.15) is 0 Å². The van der Waals surface area contributed by atoms with E-state index in [2.05, 4.69) is 46.3 Å². The largest absolute Gasteiger partial charge is 0.490 e. The van der Waals surface area contributed by atoms with Crippen LogP contribution >= 0.6 is 11.6 Å². The molecule has 272 valence electrons. The molecule has 0 saturated heterocycles. The van der Waals surface area contributed by atoms with E-state index in [4.69, 9.17) is 16.3 Å². The Morgan fingerprint density at radius 2 is 2.06 bits per heavy atom. The fourth-order valence-electron chi connectivity index (χ4n) is 8.05. The van der Waals surface area contributed by atoms with Crippen LogP contribution in [-0.2, 0) is 28.3 Å². The smallest absolute Gasteiger partial charge is 0.264 e. The van der Waals surface area contributed by atoms with Crippen LogP contribution in [0.25, 0.3) is 0 Å². The number of allylic oxidation sites excluding steroid dienone is 2. The molecule has 1 saturated carbocycles. The van der Waals surface area contributed by atoms with E-state index in [9.17, 15) is 18.3 Å². The van der Waals surface area contributed by atoms with E-state index < -0.39 is 27.3 Å². The summed E-state index contributed by atoms with van der Waals surface area (Å²) in [5.74, 6) is 0.364. The van der Waals surface area contributed by atoms with Gasteiger partial charge in [0.15, 0.2) is 0 Å². The maximum atomic E-state index is 13.8. The summed E-state index contributed by atoms with van der Waals surface area (Å²) >= 11 is 6.44. The minimum atomic E-state index is -4.06. The van der Waals surface area contributed by atoms with Crippen LogP contribution in [0.15, 0.2) is 85.6 Å². The van der Waals surface area contributed by atoms with Gasteiger partial charge in [-0.05, 0) is 117 Å². The van der Waals surface area contributed by atoms with Gasteiger partial charge in [0, 0.05) is 47.4 Å². The molecule has 3 aromatic rings. The summed E-state index contributed by atoms with van der Waals surface area (Å²) in [5, 5.41) is 11.0. The minimum absolute atomic E-state index is 0.141. The van der Waals surface area contributed by atoms with Gasteiger partial charge in [-0.25, -0.2) is 13.1 Å². The number of aliphatic hydroxyl groups is 1. The standard InChI is InChI=1S/C41H50ClN3O5S/c1-3-5-7-14-38(46)35-18-15-31(35)26-45-27-41(21-10-11-29-23-32(42)17-19-36(29)41)28-50-39-20-16-30(24-37(39)45)40(47)44-51(48,49)34(13-6-4-2)25-33-12-8-9-22-43-33/h4,7-9,12,14,16-17,19-20,22-24,31,34-35,38,46H,2-3,5-6,10-11,13,15,18,21,25-28H2,1H3,(H,44,47)/b14-7+/t31-,34?,35+,38?,41-/m0/s1. The zero-order valence-corrected chi connectivity index (χ0v) is 31.0. The molecule has 5 atom stereocenters. The molecule has 8 nitrogen and oxygen atoms in total. The Balaban J connectivity index is 1.30. The minimum Gasteiger partial charge on any atom is -0.490 e. The maximum Gasteiger partial charge on any atom is 0.264 e. The fraction of sp³-hybridized carbons (Fsp3) is 0.463. The number of nitrogens with one attached hydrogen (secondary N) is 1. The lowest BCUT2D eigenvalue weighted by Gasteiger charge is -2.45. The third-order valence-electron chi connectivity index (χ3n) is 11.0. The Hall–Kier alpha value is -3.66. The average molecular weight is 732 g/mol. The number of hydrogen-bond acceptors (Lipinski definition) is 7. The first kappa shape index (κ1) is 37.1. The molecule has 2 aliphatic carbocycles. The number of aryl methyl sites for hydroxylation is 1. The van der Waals surface area contributed by atoms with Crippen LogP contribution in [0.2, 0.25) is 5.02 Å². The first-order chi connectivity index (χ1) is 24.6. The number of amides is 1. The second kappa shape index (κ2) is 16.3. The molecule has 2 aromatic carbocycles. The SMILES string of the molecule is C=CCCC(Cc1ccccn1)S(=O)(=O)NC(=O)c1ccc2c(c1)N(C[C@@H]1CC[C@H]1C(O)/C=C/CCC)C[C@@]1(CCCc3cc(Cl)ccc31)CO2. The molecule has 1 amide bonds. The normalized spacial score (nSPS) is 22.6. The highest BCUT2D eigenvalue weighted by atomic mass is 35.5. The van der Waals surface area contributed by atoms with Gasteiger partial charge in [0.25, 0.3) is 5.91 Å². The van der Waals surface area contributed by atoms with Crippen LogP contribution in [0.1, 0.15) is 85.5 Å². The first-order valence-corrected chi connectivity index (χ1v) is 20.3. The van der Waals surface area contributed by atoms with Gasteiger partial charge in [0.05, 0.1) is 23.6 Å². The molecule has 3 aliphatic rings. The summed E-state index contributed by atoms with van der Waals surface area (Å²) in [7, 11) is -4.06. The Morgan fingerprint density at radius 1 is 1.20 bits per heavy atom. The molecule has 1 aliphatic heterocycles. The predicted molar refractivity (Wildman–Crippen MR) is 204 cm³/mol. The van der Waals surface area contributed by atoms with Gasteiger partial charge >= 0.3 is 0 Å². The number of carbonyl (C=O) groups is 1. The van der Waals surface area contributed by atoms with E-state index in [0.29, 0.717) is 44.0 Å². The van der Waals surface area contributed by atoms with Crippen molar-refractivity contribution in [1.82, 2.24) is 9.71 Å². The molecular weight excluding hydrogens is 682 g/mol. The van der Waals surface area contributed by atoms with Crippen LogP contribution < -0.4 is 14.4 Å². The lowest BCUT2D eigenvalue weighted by Crippen LogP contribution is -2.49. The number of unbranched alkanes of at least 4 members (excludes halogenated alkanes) is 1. The van der Waals surface area contributed by atoms with E-state index >= 15 is 0 Å². The molecular formula is C41H50ClN3O5S. The van der Waals surface area contributed by atoms with Gasteiger partial charge in [-0.15, -0.1) is 6.58 Å². The third-order valence-corrected chi connectivity index (χ3v) is 13.0. The molecule has 6 rings (SSSR count). The molecule has 0 radical (unpaired) electrons. The van der Waals surface area contributed by atoms with Gasteiger partial charge in [-0.1, -0.05) is 55.3 Å². The zero-order valence-electron chi connectivity index (χ0n) is 29.5. The summed E-state index contributed by atoms with van der Waals surface area (Å²) in [6.45, 7) is 7.70. The third kappa shape index (κ3) is 8.53. The molecule has 0 bridgehead atoms. The van der Waals surface area contributed by atoms with E-state index in [1.54, 1.807) is 42.6 Å². The molecule has 2 unspecified atom stereocenters. The Bertz CT molecular complexity index is 1830. The lowest BCUT2D eigenvalue weighted by molar-refractivity contribution is 0.0456. The van der Waals surface area contributed by atoms with Crippen molar-refractivity contribution in [3.8, 4) is 5.75 Å². The number of nitrogens with zero attached hydrogens (tertiary/aromatic N) is 2. The second-order valence-electron chi connectivity index (χ2n) is 14.5. The molecule has 1 fully saturated rings. The van der Waals surface area contributed by atoms with Crippen molar-refractivity contribution >= 4 is 33.2 Å². The van der Waals surface area contributed by atoms with E-state index in [0.717, 1.165) is 55.7 Å². The predicted octanol–water partition coefficient (Wildman–Crippen LogP) is 7.59. The summed E-state index contributed by atoms with van der Waals surface area (Å²) in [6, 6.07) is 16.8. The average Bonchev–Trinajstić information content (AvgIpc) is 3.25. The summed E-state index contributed by atoms with van der Waals surface area (Å²) in [6.07, 6.45) is 14.6. The Kier molecular flexibility index (Phi) is 11.9. The van der Waals surface area contributed by atoms with E-state index in [1.807, 2.05) is 18.2 Å². The zero-order chi connectivity index (χ0) is 36.0. The number of aromatic nitrogens is 1. The quantitative estimate of drug-likeness (QED) is 0.165. The molecule has 10 heteroatoms. The number of fused-ring (bicyclic) bond motifs is 3. The molecule has 1 spiro atoms. The highest BCUT2D eigenvalue weighted by Gasteiger charge is 2.44. The van der Waals surface area contributed by atoms with E-state index in [1.165, 1.54) is 11.1 Å². The number of carbonyl (C=O) groups excluding carboxylic acids is 1. The van der Waals surface area contributed by atoms with Crippen LogP contribution in [0.5, 0.6) is 5.75 Å². The van der Waals surface area contributed by atoms with Crippen LogP contribution in [0, 0.1) is 11.8 Å². The van der Waals surface area contributed by atoms with Crippen molar-refractivity contribution in [2.45, 2.75) is 87.9 Å². The highest BCUT2D eigenvalue weighted by molar-refractivity contribution is 7.90. The van der Waals surface area contributed by atoms with Crippen LogP contribution in [-0.4, -0.2) is 55.5 Å². The Labute approximate surface area is 308 Å². The fourth-order valence-corrected chi connectivity index (χ4v) is 9.62. The van der Waals surface area contributed by atoms with Gasteiger partial charge < -0.3 is 14.7 Å². The number of anilines is 1. The highest BCUT2D eigenvalue weighted by Crippen LogP contribution is 2.46. The number of sulfonamides is 1. The van der Waals surface area contributed by atoms with Gasteiger partial charge in [0.1, 0.15) is 5.75 Å². The lowest BCUT2D eigenvalue weighted by atomic mass is 9.68. The van der Waals surface area contributed by atoms with Gasteiger partial charge in [-0.3, -0.25) is 9.78 Å². The summed E-state index contributed by atoms with van der Waals surface area (Å²) < 4.78 is 36.4. The van der Waals surface area contributed by atoms with Crippen LogP contribution in [0.4, 0.5) is 5.69 Å². The van der Waals surface area contributed by atoms with Crippen molar-refractivity contribution in [1.29, 1.82) is 0 Å². The van der Waals surface area contributed by atoms with Crippen molar-refractivity contribution in [2.24, 2.45) is 11.8 Å². The number of aliphatic hydroxyl groups excluding tert-OH is 1. The summed E-state index contributed by atoms with van der Waals surface area (Å²) in [5.41, 5.74) is 3.82. The second-order valence-corrected chi connectivity index (χ2v) is 16.9. The molecule has 2 heterocycles. The molecule has 2 N–H and O–H groups in total. The van der Waals surface area contributed by atoms with Crippen molar-refractivity contribution in [3.05, 3.63) is 113 Å². The number of hydrogen-bond donors (Lipinski definition) is 2. The first-order valence-electron chi connectivity index (χ1n) is 18.3. The Morgan fingerprint density at radius 3 is 2.80 bits per heavy atom. The van der Waals surface area contributed by atoms with Crippen molar-refractivity contribution in [2.75, 3.05) is 24.6 Å². The molecule has 51 heavy (non-hydrogen) atoms. The monoisotopic (exact) mass is 731 g/mol. The summed E-state index contributed by atoms with van der Waals surface area (Å²) in [4.78, 5) is 20.4. The number of pyridine rings is 1. The number of rotatable bonds is 14. The van der Waals surface area contributed by atoms with Crippen molar-refractivity contribution in [3.63, 3.8) is 0 Å². The number of benzene rings is 2. The van der Waals surface area contributed by atoms with E-state index in [-0.39, 0.29) is 29.2 Å². The maximum absolute atomic E-state index is 13.8. The number of ether oxygens (including phenoxy) is 1. The van der Waals surface area contributed by atoms with Gasteiger partial charge in [0.2, 0.25) is 10.0 Å². The van der Waals surface area contributed by atoms with Crippen LogP contribution in [0.3, 0.4) is 0 Å². The number of halogens is 1. The molecule has 1 aromatic heterocycles. The van der Waals surface area contributed by atoms with Crippen molar-refractivity contribution < 1.29 is 23.1 Å². The topological polar surface area (TPSA) is 109 Å².